The Balaban J connectivity index is 2.31. The van der Waals surface area contributed by atoms with E-state index in [4.69, 9.17) is 0 Å². The Morgan fingerprint density at radius 3 is 2.38 bits per heavy atom. The number of hydrogen-bond acceptors (Lipinski definition) is 1. The van der Waals surface area contributed by atoms with Crippen LogP contribution in [0, 0.1) is 0 Å². The van der Waals surface area contributed by atoms with Crippen LogP contribution in [-0.4, -0.2) is 29.4 Å². The molecule has 0 heterocycles. The number of benzene rings is 1. The lowest BCUT2D eigenvalue weighted by molar-refractivity contribution is 0.180. The summed E-state index contributed by atoms with van der Waals surface area (Å²) in [5, 5.41) is 1.02. The first-order valence-corrected chi connectivity index (χ1v) is 6.99. The zero-order valence-corrected chi connectivity index (χ0v) is 12.1. The van der Waals surface area contributed by atoms with E-state index in [0.717, 1.165) is 11.9 Å². The van der Waals surface area contributed by atoms with Gasteiger partial charge in [-0.25, -0.2) is 0 Å². The molecule has 0 amide bonds. The molecular weight excluding hydrogens is 262 g/mol. The van der Waals surface area contributed by atoms with E-state index in [0.29, 0.717) is 0 Å². The van der Waals surface area contributed by atoms with Crippen molar-refractivity contribution < 1.29 is 0 Å². The van der Waals surface area contributed by atoms with Crippen molar-refractivity contribution in [1.29, 1.82) is 0 Å². The summed E-state index contributed by atoms with van der Waals surface area (Å²) in [6.45, 7) is 5.68. The number of hydrogen-bond donors (Lipinski definition) is 0. The Bertz CT molecular complexity index is 295. The molecule has 0 N–H and O–H groups in total. The summed E-state index contributed by atoms with van der Waals surface area (Å²) < 4.78 is 0. The highest BCUT2D eigenvalue weighted by molar-refractivity contribution is 9.09. The van der Waals surface area contributed by atoms with Crippen LogP contribution in [0.1, 0.15) is 25.8 Å². The molecule has 1 aromatic carbocycles. The van der Waals surface area contributed by atoms with Gasteiger partial charge in [-0.05, 0) is 45.8 Å². The van der Waals surface area contributed by atoms with Gasteiger partial charge in [-0.15, -0.1) is 0 Å². The molecule has 16 heavy (non-hydrogen) atoms. The van der Waals surface area contributed by atoms with Gasteiger partial charge in [0.05, 0.1) is 0 Å². The van der Waals surface area contributed by atoms with Crippen molar-refractivity contribution in [3.8, 4) is 0 Å². The second kappa shape index (κ2) is 6.41. The molecule has 0 aliphatic heterocycles. The third kappa shape index (κ3) is 4.26. The van der Waals surface area contributed by atoms with Crippen LogP contribution >= 0.6 is 15.9 Å². The van der Waals surface area contributed by atoms with E-state index in [2.05, 4.69) is 72.1 Å². The molecule has 0 saturated carbocycles. The molecule has 0 fully saturated rings. The minimum atomic E-state index is 0.247. The fraction of sp³-hybridized carbons (Fsp3) is 0.571. The van der Waals surface area contributed by atoms with E-state index < -0.39 is 0 Å². The number of halogens is 1. The molecule has 0 aliphatic rings. The summed E-state index contributed by atoms with van der Waals surface area (Å²) in [4.78, 5) is 2.42. The zero-order chi connectivity index (χ0) is 12.0. The van der Waals surface area contributed by atoms with Gasteiger partial charge in [0, 0.05) is 10.9 Å². The van der Waals surface area contributed by atoms with E-state index in [1.54, 1.807) is 0 Å². The molecule has 1 aromatic rings. The van der Waals surface area contributed by atoms with Gasteiger partial charge in [0.25, 0.3) is 0 Å². The molecule has 2 heteroatoms. The monoisotopic (exact) mass is 283 g/mol. The van der Waals surface area contributed by atoms with Gasteiger partial charge in [-0.3, -0.25) is 0 Å². The van der Waals surface area contributed by atoms with Crippen LogP contribution in [0.5, 0.6) is 0 Å². The summed E-state index contributed by atoms with van der Waals surface area (Å²) in [6, 6.07) is 10.7. The van der Waals surface area contributed by atoms with E-state index in [-0.39, 0.29) is 5.54 Å². The van der Waals surface area contributed by atoms with Gasteiger partial charge < -0.3 is 4.90 Å². The lowest BCUT2D eigenvalue weighted by Gasteiger charge is -2.34. The lowest BCUT2D eigenvalue weighted by atomic mass is 10.1. The summed E-state index contributed by atoms with van der Waals surface area (Å²) in [7, 11) is 2.20. The Kier molecular flexibility index (Phi) is 5.50. The molecule has 0 radical (unpaired) electrons. The van der Waals surface area contributed by atoms with Crippen LogP contribution in [0.15, 0.2) is 30.3 Å². The Labute approximate surface area is 108 Å². The highest BCUT2D eigenvalue weighted by Crippen LogP contribution is 2.15. The van der Waals surface area contributed by atoms with Gasteiger partial charge in [0.15, 0.2) is 0 Å². The summed E-state index contributed by atoms with van der Waals surface area (Å²) in [5.74, 6) is 0. The highest BCUT2D eigenvalue weighted by atomic mass is 79.9. The van der Waals surface area contributed by atoms with E-state index in [9.17, 15) is 0 Å². The van der Waals surface area contributed by atoms with Gasteiger partial charge in [0.2, 0.25) is 0 Å². The molecule has 0 saturated heterocycles. The summed E-state index contributed by atoms with van der Waals surface area (Å²) >= 11 is 3.57. The SMILES string of the molecule is CN(CCCc1ccccc1)C(C)(C)CBr. The van der Waals surface area contributed by atoms with Gasteiger partial charge in [-0.1, -0.05) is 46.3 Å². The first-order valence-electron chi connectivity index (χ1n) is 5.87. The van der Waals surface area contributed by atoms with Crippen molar-refractivity contribution in [3.05, 3.63) is 35.9 Å². The van der Waals surface area contributed by atoms with Crippen LogP contribution < -0.4 is 0 Å². The average Bonchev–Trinajstić information content (AvgIpc) is 2.30. The van der Waals surface area contributed by atoms with Crippen molar-refractivity contribution in [2.75, 3.05) is 18.9 Å². The third-order valence-corrected chi connectivity index (χ3v) is 4.53. The van der Waals surface area contributed by atoms with Crippen molar-refractivity contribution in [2.45, 2.75) is 32.2 Å². The normalized spacial score (nSPS) is 12.1. The van der Waals surface area contributed by atoms with Gasteiger partial charge >= 0.3 is 0 Å². The van der Waals surface area contributed by atoms with Crippen LogP contribution in [0.4, 0.5) is 0 Å². The Hall–Kier alpha value is -0.340. The number of rotatable bonds is 6. The third-order valence-electron chi connectivity index (χ3n) is 3.16. The highest BCUT2D eigenvalue weighted by Gasteiger charge is 2.20. The second-order valence-electron chi connectivity index (χ2n) is 4.96. The minimum absolute atomic E-state index is 0.247. The largest absolute Gasteiger partial charge is 0.300 e. The molecule has 0 spiro atoms. The van der Waals surface area contributed by atoms with Crippen molar-refractivity contribution in [3.63, 3.8) is 0 Å². The standard InChI is InChI=1S/C14H22BrN/c1-14(2,12-15)16(3)11-7-10-13-8-5-4-6-9-13/h4-6,8-9H,7,10-12H2,1-3H3. The number of alkyl halides is 1. The molecular formula is C14H22BrN. The second-order valence-corrected chi connectivity index (χ2v) is 5.52. The van der Waals surface area contributed by atoms with E-state index in [1.165, 1.54) is 18.4 Å². The smallest absolute Gasteiger partial charge is 0.0246 e. The van der Waals surface area contributed by atoms with Gasteiger partial charge in [0.1, 0.15) is 0 Å². The first kappa shape index (κ1) is 13.7. The zero-order valence-electron chi connectivity index (χ0n) is 10.5. The lowest BCUT2D eigenvalue weighted by Crippen LogP contribution is -2.43. The molecule has 0 aromatic heterocycles. The topological polar surface area (TPSA) is 3.24 Å². The van der Waals surface area contributed by atoms with Crippen LogP contribution in [-0.2, 0) is 6.42 Å². The predicted octanol–water partition coefficient (Wildman–Crippen LogP) is 3.72. The van der Waals surface area contributed by atoms with Crippen molar-refractivity contribution in [1.82, 2.24) is 4.90 Å². The van der Waals surface area contributed by atoms with E-state index >= 15 is 0 Å². The fourth-order valence-electron chi connectivity index (χ4n) is 1.57. The molecule has 0 atom stereocenters. The predicted molar refractivity (Wildman–Crippen MR) is 75.3 cm³/mol. The minimum Gasteiger partial charge on any atom is -0.300 e. The molecule has 0 aliphatic carbocycles. The van der Waals surface area contributed by atoms with Crippen LogP contribution in [0.25, 0.3) is 0 Å². The maximum absolute atomic E-state index is 3.57. The van der Waals surface area contributed by atoms with Gasteiger partial charge in [-0.2, -0.15) is 0 Å². The first-order chi connectivity index (χ1) is 7.56. The maximum atomic E-state index is 3.57. The Morgan fingerprint density at radius 1 is 1.19 bits per heavy atom. The molecule has 90 valence electrons. The molecule has 1 rings (SSSR count). The number of aryl methyl sites for hydroxylation is 1. The molecule has 0 unspecified atom stereocenters. The molecule has 0 bridgehead atoms. The number of nitrogens with zero attached hydrogens (tertiary/aromatic N) is 1. The van der Waals surface area contributed by atoms with Crippen molar-refractivity contribution >= 4 is 15.9 Å². The van der Waals surface area contributed by atoms with E-state index in [1.807, 2.05) is 0 Å². The summed E-state index contributed by atoms with van der Waals surface area (Å²) in [5.41, 5.74) is 1.68. The molecule has 1 nitrogen and oxygen atoms in total. The Morgan fingerprint density at radius 2 is 1.81 bits per heavy atom. The summed E-state index contributed by atoms with van der Waals surface area (Å²) in [6.07, 6.45) is 2.39. The van der Waals surface area contributed by atoms with Crippen LogP contribution in [0.3, 0.4) is 0 Å². The maximum Gasteiger partial charge on any atom is 0.0246 e. The quantitative estimate of drug-likeness (QED) is 0.720. The average molecular weight is 284 g/mol. The fourth-order valence-corrected chi connectivity index (χ4v) is 2.00. The van der Waals surface area contributed by atoms with Crippen molar-refractivity contribution in [2.24, 2.45) is 0 Å². The van der Waals surface area contributed by atoms with Crippen LogP contribution in [0.2, 0.25) is 0 Å².